The maximum atomic E-state index is 10.4. The van der Waals surface area contributed by atoms with Crippen molar-refractivity contribution in [3.63, 3.8) is 0 Å². The highest BCUT2D eigenvalue weighted by Gasteiger charge is 2.45. The predicted molar refractivity (Wildman–Crippen MR) is 88.9 cm³/mol. The second-order valence-electron chi connectivity index (χ2n) is 8.54. The van der Waals surface area contributed by atoms with E-state index in [-0.39, 0.29) is 17.2 Å². The van der Waals surface area contributed by atoms with Gasteiger partial charge in [0.25, 0.3) is 0 Å². The number of aliphatic hydroxyl groups excluding tert-OH is 2. The van der Waals surface area contributed by atoms with Crippen LogP contribution in [0.5, 0.6) is 0 Å². The van der Waals surface area contributed by atoms with Crippen molar-refractivity contribution in [2.24, 2.45) is 0 Å². The molecular formula is C18H35NO3. The molecule has 2 N–H and O–H groups in total. The van der Waals surface area contributed by atoms with Crippen LogP contribution >= 0.6 is 0 Å². The van der Waals surface area contributed by atoms with E-state index >= 15 is 0 Å². The number of aliphatic hydroxyl groups is 2. The van der Waals surface area contributed by atoms with Gasteiger partial charge in [-0.15, -0.1) is 0 Å². The van der Waals surface area contributed by atoms with Gasteiger partial charge in [0.15, 0.2) is 0 Å². The van der Waals surface area contributed by atoms with Gasteiger partial charge < -0.3 is 14.9 Å². The zero-order valence-corrected chi connectivity index (χ0v) is 14.8. The Morgan fingerprint density at radius 2 is 1.59 bits per heavy atom. The van der Waals surface area contributed by atoms with Crippen molar-refractivity contribution in [2.45, 2.75) is 102 Å². The molecule has 0 unspecified atom stereocenters. The Kier molecular flexibility index (Phi) is 5.92. The molecular weight excluding hydrogens is 278 g/mol. The van der Waals surface area contributed by atoms with Gasteiger partial charge in [0.2, 0.25) is 0 Å². The third-order valence-corrected chi connectivity index (χ3v) is 5.40. The molecule has 2 fully saturated rings. The Morgan fingerprint density at radius 3 is 2.14 bits per heavy atom. The minimum atomic E-state index is -0.462. The van der Waals surface area contributed by atoms with Gasteiger partial charge in [-0.25, -0.2) is 0 Å². The number of piperidine rings is 1. The molecule has 0 bridgehead atoms. The van der Waals surface area contributed by atoms with Gasteiger partial charge in [-0.2, -0.15) is 0 Å². The molecule has 1 aliphatic heterocycles. The Bertz CT molecular complexity index is 332. The summed E-state index contributed by atoms with van der Waals surface area (Å²) in [7, 11) is 0. The van der Waals surface area contributed by atoms with Crippen LogP contribution in [-0.4, -0.2) is 57.7 Å². The van der Waals surface area contributed by atoms with E-state index < -0.39 is 6.10 Å². The number of nitrogens with zero attached hydrogens (tertiary/aromatic N) is 1. The van der Waals surface area contributed by atoms with E-state index in [9.17, 15) is 10.2 Å². The molecule has 4 heteroatoms. The Morgan fingerprint density at radius 1 is 1.05 bits per heavy atom. The van der Waals surface area contributed by atoms with E-state index in [0.29, 0.717) is 19.3 Å². The van der Waals surface area contributed by atoms with E-state index in [1.54, 1.807) is 0 Å². The summed E-state index contributed by atoms with van der Waals surface area (Å²) < 4.78 is 5.92. The summed E-state index contributed by atoms with van der Waals surface area (Å²) in [5.41, 5.74) is -0.208. The lowest BCUT2D eigenvalue weighted by atomic mass is 9.78. The predicted octanol–water partition coefficient (Wildman–Crippen LogP) is 2.71. The third kappa shape index (κ3) is 4.67. The van der Waals surface area contributed by atoms with Crippen LogP contribution < -0.4 is 0 Å². The van der Waals surface area contributed by atoms with Crippen LogP contribution in [0.4, 0.5) is 0 Å². The average molecular weight is 313 g/mol. The first-order chi connectivity index (χ1) is 10.2. The minimum Gasteiger partial charge on any atom is -0.393 e. The summed E-state index contributed by atoms with van der Waals surface area (Å²) in [6.07, 6.45) is 7.25. The van der Waals surface area contributed by atoms with Crippen molar-refractivity contribution in [2.75, 3.05) is 13.2 Å². The van der Waals surface area contributed by atoms with Crippen molar-refractivity contribution >= 4 is 0 Å². The second-order valence-corrected chi connectivity index (χ2v) is 8.54. The molecule has 1 aliphatic carbocycles. The molecule has 22 heavy (non-hydrogen) atoms. The largest absolute Gasteiger partial charge is 0.393 e. The number of β-amino-alcohol motifs (C(OH)–C–C–N with tert-alkyl or cyclic N) is 1. The number of rotatable bonds is 5. The van der Waals surface area contributed by atoms with Crippen molar-refractivity contribution in [3.8, 4) is 0 Å². The monoisotopic (exact) mass is 313 g/mol. The van der Waals surface area contributed by atoms with Crippen LogP contribution in [-0.2, 0) is 4.74 Å². The number of ether oxygens (including phenoxy) is 1. The third-order valence-electron chi connectivity index (χ3n) is 5.40. The van der Waals surface area contributed by atoms with Gasteiger partial charge in [-0.1, -0.05) is 19.3 Å². The molecule has 0 aromatic carbocycles. The molecule has 1 saturated heterocycles. The Labute approximate surface area is 135 Å². The van der Waals surface area contributed by atoms with Gasteiger partial charge in [-0.05, 0) is 53.4 Å². The van der Waals surface area contributed by atoms with E-state index in [2.05, 4.69) is 32.6 Å². The van der Waals surface area contributed by atoms with Gasteiger partial charge in [0.1, 0.15) is 0 Å². The zero-order chi connectivity index (χ0) is 16.4. The van der Waals surface area contributed by atoms with Gasteiger partial charge >= 0.3 is 0 Å². The molecule has 0 amide bonds. The van der Waals surface area contributed by atoms with E-state index in [1.165, 1.54) is 19.3 Å². The quantitative estimate of drug-likeness (QED) is 0.819. The fraction of sp³-hybridized carbons (Fsp3) is 1.00. The van der Waals surface area contributed by atoms with Crippen molar-refractivity contribution in [1.82, 2.24) is 4.90 Å². The van der Waals surface area contributed by atoms with Crippen LogP contribution in [0.3, 0.4) is 0 Å². The minimum absolute atomic E-state index is 0.104. The fourth-order valence-corrected chi connectivity index (χ4v) is 4.50. The first-order valence-corrected chi connectivity index (χ1v) is 8.96. The van der Waals surface area contributed by atoms with Gasteiger partial charge in [0, 0.05) is 17.6 Å². The summed E-state index contributed by atoms with van der Waals surface area (Å²) in [4.78, 5) is 2.35. The fourth-order valence-electron chi connectivity index (χ4n) is 4.50. The van der Waals surface area contributed by atoms with Crippen molar-refractivity contribution < 1.29 is 14.9 Å². The Hall–Kier alpha value is -0.160. The molecule has 0 radical (unpaired) electrons. The van der Waals surface area contributed by atoms with Crippen LogP contribution in [0.25, 0.3) is 0 Å². The lowest BCUT2D eigenvalue weighted by molar-refractivity contribution is -0.110. The number of likely N-dealkylation sites (tertiary alicyclic amines) is 1. The molecule has 0 spiro atoms. The lowest BCUT2D eigenvalue weighted by Crippen LogP contribution is -2.63. The standard InChI is InChI=1S/C18H35NO3/c1-17(2)10-14(20)11-18(3,4)19(17)12-15(21)13-22-16-8-6-5-7-9-16/h14-16,20-21H,5-13H2,1-4H3/t15-/m1/s1. The molecule has 1 heterocycles. The summed E-state index contributed by atoms with van der Waals surface area (Å²) in [5, 5.41) is 20.5. The Balaban J connectivity index is 1.86. The van der Waals surface area contributed by atoms with Crippen molar-refractivity contribution in [1.29, 1.82) is 0 Å². The summed E-state index contributed by atoms with van der Waals surface area (Å²) in [5.74, 6) is 0. The highest BCUT2D eigenvalue weighted by molar-refractivity contribution is 5.00. The van der Waals surface area contributed by atoms with E-state index in [0.717, 1.165) is 25.7 Å². The van der Waals surface area contributed by atoms with Crippen LogP contribution in [0, 0.1) is 0 Å². The average Bonchev–Trinajstić information content (AvgIpc) is 2.40. The highest BCUT2D eigenvalue weighted by Crippen LogP contribution is 2.38. The summed E-state index contributed by atoms with van der Waals surface area (Å²) >= 11 is 0. The van der Waals surface area contributed by atoms with Crippen LogP contribution in [0.15, 0.2) is 0 Å². The molecule has 4 nitrogen and oxygen atoms in total. The van der Waals surface area contributed by atoms with E-state index in [1.807, 2.05) is 0 Å². The van der Waals surface area contributed by atoms with Crippen LogP contribution in [0.1, 0.15) is 72.6 Å². The van der Waals surface area contributed by atoms with Crippen molar-refractivity contribution in [3.05, 3.63) is 0 Å². The SMILES string of the molecule is CC1(C)CC(O)CC(C)(C)N1C[C@@H](O)COC1CCCCC1. The first-order valence-electron chi connectivity index (χ1n) is 8.96. The molecule has 0 aromatic rings. The van der Waals surface area contributed by atoms with E-state index in [4.69, 9.17) is 4.74 Å². The molecule has 2 aliphatic rings. The number of hydrogen-bond acceptors (Lipinski definition) is 4. The molecule has 1 atom stereocenters. The first kappa shape index (κ1) is 18.2. The number of hydrogen-bond donors (Lipinski definition) is 2. The maximum Gasteiger partial charge on any atom is 0.0900 e. The topological polar surface area (TPSA) is 52.9 Å². The molecule has 1 saturated carbocycles. The lowest BCUT2D eigenvalue weighted by Gasteiger charge is -2.55. The second kappa shape index (κ2) is 7.16. The molecule has 130 valence electrons. The summed E-state index contributed by atoms with van der Waals surface area (Å²) in [6.45, 7) is 9.67. The van der Waals surface area contributed by atoms with Gasteiger partial charge in [0.05, 0.1) is 24.9 Å². The zero-order valence-electron chi connectivity index (χ0n) is 14.8. The maximum absolute atomic E-state index is 10.4. The highest BCUT2D eigenvalue weighted by atomic mass is 16.5. The summed E-state index contributed by atoms with van der Waals surface area (Å²) in [6, 6.07) is 0. The molecule has 2 rings (SSSR count). The normalized spacial score (nSPS) is 28.6. The molecule has 0 aromatic heterocycles. The smallest absolute Gasteiger partial charge is 0.0900 e. The van der Waals surface area contributed by atoms with Crippen LogP contribution in [0.2, 0.25) is 0 Å². The van der Waals surface area contributed by atoms with Gasteiger partial charge in [-0.3, -0.25) is 4.90 Å².